The first-order valence-electron chi connectivity index (χ1n) is 6.63. The molecule has 104 valence electrons. The summed E-state index contributed by atoms with van der Waals surface area (Å²) in [6.07, 6.45) is 0. The van der Waals surface area contributed by atoms with Crippen molar-refractivity contribution in [2.45, 2.75) is 48.1 Å². The normalized spacial score (nSPS) is 12.4. The standard InChI is InChI=1S/C14H26BrN3/c1-10(2)7-16-8-14(5,6)9-18-12(4)13(15)11(3)17-18/h10,16H,7-9H2,1-6H3. The number of rotatable bonds is 6. The molecule has 0 unspecified atom stereocenters. The zero-order valence-corrected chi connectivity index (χ0v) is 14.1. The van der Waals surface area contributed by atoms with Gasteiger partial charge in [-0.05, 0) is 47.7 Å². The molecule has 0 bridgehead atoms. The maximum absolute atomic E-state index is 4.58. The van der Waals surface area contributed by atoms with Crippen molar-refractivity contribution in [3.05, 3.63) is 15.9 Å². The Morgan fingerprint density at radius 1 is 1.33 bits per heavy atom. The van der Waals surface area contributed by atoms with Gasteiger partial charge in [0.2, 0.25) is 0 Å². The fraction of sp³-hybridized carbons (Fsp3) is 0.786. The molecule has 1 heterocycles. The Morgan fingerprint density at radius 2 is 1.94 bits per heavy atom. The Kier molecular flexibility index (Phi) is 5.41. The summed E-state index contributed by atoms with van der Waals surface area (Å²) in [5.41, 5.74) is 2.49. The van der Waals surface area contributed by atoms with Crippen LogP contribution in [-0.4, -0.2) is 22.9 Å². The van der Waals surface area contributed by atoms with Gasteiger partial charge in [-0.15, -0.1) is 0 Å². The fourth-order valence-corrected chi connectivity index (χ4v) is 2.27. The highest BCUT2D eigenvalue weighted by Crippen LogP contribution is 2.24. The van der Waals surface area contributed by atoms with Crippen molar-refractivity contribution >= 4 is 15.9 Å². The number of halogens is 1. The number of aryl methyl sites for hydroxylation is 1. The van der Waals surface area contributed by atoms with Gasteiger partial charge >= 0.3 is 0 Å². The Hall–Kier alpha value is -0.350. The minimum absolute atomic E-state index is 0.206. The van der Waals surface area contributed by atoms with Crippen LogP contribution in [0.5, 0.6) is 0 Å². The second-order valence-electron chi connectivity index (χ2n) is 6.33. The van der Waals surface area contributed by atoms with Crippen LogP contribution >= 0.6 is 15.9 Å². The summed E-state index contributed by atoms with van der Waals surface area (Å²) in [5, 5.41) is 8.11. The molecular formula is C14H26BrN3. The van der Waals surface area contributed by atoms with Crippen LogP contribution in [0, 0.1) is 25.2 Å². The smallest absolute Gasteiger partial charge is 0.0738 e. The lowest BCUT2D eigenvalue weighted by Gasteiger charge is -2.26. The van der Waals surface area contributed by atoms with Gasteiger partial charge in [-0.3, -0.25) is 4.68 Å². The molecule has 0 aliphatic carbocycles. The lowest BCUT2D eigenvalue weighted by atomic mass is 9.93. The number of hydrogen-bond donors (Lipinski definition) is 1. The minimum atomic E-state index is 0.206. The molecule has 1 aromatic rings. The molecule has 0 saturated heterocycles. The van der Waals surface area contributed by atoms with Crippen LogP contribution in [0.25, 0.3) is 0 Å². The third kappa shape index (κ3) is 4.39. The Balaban J connectivity index is 2.61. The van der Waals surface area contributed by atoms with Crippen molar-refractivity contribution in [1.29, 1.82) is 0 Å². The van der Waals surface area contributed by atoms with Crippen molar-refractivity contribution in [3.8, 4) is 0 Å². The molecule has 18 heavy (non-hydrogen) atoms. The molecule has 0 saturated carbocycles. The van der Waals surface area contributed by atoms with Gasteiger partial charge in [0.15, 0.2) is 0 Å². The first-order valence-corrected chi connectivity index (χ1v) is 7.42. The van der Waals surface area contributed by atoms with Gasteiger partial charge in [0.25, 0.3) is 0 Å². The van der Waals surface area contributed by atoms with E-state index in [2.05, 4.69) is 65.6 Å². The predicted octanol–water partition coefficient (Wildman–Crippen LogP) is 3.53. The molecule has 0 spiro atoms. The second kappa shape index (κ2) is 6.20. The van der Waals surface area contributed by atoms with Crippen molar-refractivity contribution in [2.75, 3.05) is 13.1 Å². The van der Waals surface area contributed by atoms with Gasteiger partial charge in [0.1, 0.15) is 0 Å². The molecular weight excluding hydrogens is 290 g/mol. The Morgan fingerprint density at radius 3 is 2.39 bits per heavy atom. The molecule has 0 amide bonds. The third-order valence-corrected chi connectivity index (χ3v) is 4.17. The summed E-state index contributed by atoms with van der Waals surface area (Å²) in [6.45, 7) is 16.2. The van der Waals surface area contributed by atoms with Gasteiger partial charge in [0, 0.05) is 18.8 Å². The summed E-state index contributed by atoms with van der Waals surface area (Å²) < 4.78 is 3.24. The van der Waals surface area contributed by atoms with Crippen LogP contribution in [0.2, 0.25) is 0 Å². The number of aromatic nitrogens is 2. The van der Waals surface area contributed by atoms with Crippen molar-refractivity contribution in [3.63, 3.8) is 0 Å². The van der Waals surface area contributed by atoms with Crippen LogP contribution in [-0.2, 0) is 6.54 Å². The van der Waals surface area contributed by atoms with Crippen LogP contribution in [0.15, 0.2) is 4.47 Å². The molecule has 0 aromatic carbocycles. The van der Waals surface area contributed by atoms with Gasteiger partial charge in [-0.1, -0.05) is 27.7 Å². The molecule has 4 heteroatoms. The van der Waals surface area contributed by atoms with Gasteiger partial charge < -0.3 is 5.32 Å². The maximum atomic E-state index is 4.58. The van der Waals surface area contributed by atoms with Crippen molar-refractivity contribution < 1.29 is 0 Å². The highest BCUT2D eigenvalue weighted by atomic mass is 79.9. The predicted molar refractivity (Wildman–Crippen MR) is 80.9 cm³/mol. The summed E-state index contributed by atoms with van der Waals surface area (Å²) >= 11 is 3.58. The highest BCUT2D eigenvalue weighted by molar-refractivity contribution is 9.10. The number of hydrogen-bond acceptors (Lipinski definition) is 2. The summed E-state index contributed by atoms with van der Waals surface area (Å²) in [5.74, 6) is 0.698. The lowest BCUT2D eigenvalue weighted by Crippen LogP contribution is -2.35. The maximum Gasteiger partial charge on any atom is 0.0738 e. The first kappa shape index (κ1) is 15.7. The first-order chi connectivity index (χ1) is 8.23. The molecule has 0 aliphatic rings. The van der Waals surface area contributed by atoms with E-state index in [0.29, 0.717) is 5.92 Å². The zero-order chi connectivity index (χ0) is 13.9. The SMILES string of the molecule is Cc1nn(CC(C)(C)CNCC(C)C)c(C)c1Br. The van der Waals surface area contributed by atoms with Crippen molar-refractivity contribution in [1.82, 2.24) is 15.1 Å². The van der Waals surface area contributed by atoms with Gasteiger partial charge in [0.05, 0.1) is 10.2 Å². The van der Waals surface area contributed by atoms with Gasteiger partial charge in [-0.25, -0.2) is 0 Å². The monoisotopic (exact) mass is 315 g/mol. The molecule has 3 nitrogen and oxygen atoms in total. The zero-order valence-electron chi connectivity index (χ0n) is 12.5. The van der Waals surface area contributed by atoms with E-state index >= 15 is 0 Å². The van der Waals surface area contributed by atoms with Crippen LogP contribution in [0.3, 0.4) is 0 Å². The van der Waals surface area contributed by atoms with E-state index < -0.39 is 0 Å². The van der Waals surface area contributed by atoms with E-state index in [4.69, 9.17) is 0 Å². The van der Waals surface area contributed by atoms with Crippen LogP contribution in [0.1, 0.15) is 39.1 Å². The van der Waals surface area contributed by atoms with E-state index in [0.717, 1.165) is 29.8 Å². The van der Waals surface area contributed by atoms with E-state index in [9.17, 15) is 0 Å². The lowest BCUT2D eigenvalue weighted by molar-refractivity contribution is 0.269. The number of nitrogens with one attached hydrogen (secondary N) is 1. The van der Waals surface area contributed by atoms with E-state index in [1.165, 1.54) is 5.69 Å². The van der Waals surface area contributed by atoms with Gasteiger partial charge in [-0.2, -0.15) is 5.10 Å². The molecule has 1 aromatic heterocycles. The largest absolute Gasteiger partial charge is 0.316 e. The molecule has 1 N–H and O–H groups in total. The third-order valence-electron chi connectivity index (χ3n) is 3.03. The molecule has 0 aliphatic heterocycles. The quantitative estimate of drug-likeness (QED) is 0.870. The second-order valence-corrected chi connectivity index (χ2v) is 7.12. The summed E-state index contributed by atoms with van der Waals surface area (Å²) in [7, 11) is 0. The minimum Gasteiger partial charge on any atom is -0.316 e. The van der Waals surface area contributed by atoms with E-state index in [-0.39, 0.29) is 5.41 Å². The Bertz CT molecular complexity index is 394. The summed E-state index contributed by atoms with van der Waals surface area (Å²) in [6, 6.07) is 0. The van der Waals surface area contributed by atoms with Crippen LogP contribution in [0.4, 0.5) is 0 Å². The average Bonchev–Trinajstić information content (AvgIpc) is 2.45. The van der Waals surface area contributed by atoms with E-state index in [1.807, 2.05) is 6.92 Å². The molecule has 0 atom stereocenters. The van der Waals surface area contributed by atoms with Crippen molar-refractivity contribution in [2.24, 2.45) is 11.3 Å². The van der Waals surface area contributed by atoms with E-state index in [1.54, 1.807) is 0 Å². The fourth-order valence-electron chi connectivity index (χ4n) is 1.99. The number of nitrogens with zero attached hydrogens (tertiary/aromatic N) is 2. The Labute approximate surface area is 119 Å². The topological polar surface area (TPSA) is 29.9 Å². The highest BCUT2D eigenvalue weighted by Gasteiger charge is 2.21. The molecule has 0 radical (unpaired) electrons. The summed E-state index contributed by atoms with van der Waals surface area (Å²) in [4.78, 5) is 0. The average molecular weight is 316 g/mol. The van der Waals surface area contributed by atoms with Crippen LogP contribution < -0.4 is 5.32 Å². The molecule has 0 fully saturated rings. The molecule has 1 rings (SSSR count).